The number of oxime groups is 1. The maximum Gasteiger partial charge on any atom is 0.316 e. The molecule has 8 nitrogen and oxygen atoms in total. The second-order valence-corrected chi connectivity index (χ2v) is 9.54. The van der Waals surface area contributed by atoms with Crippen LogP contribution >= 0.6 is 0 Å². The van der Waals surface area contributed by atoms with Crippen molar-refractivity contribution in [3.63, 3.8) is 0 Å². The van der Waals surface area contributed by atoms with Crippen molar-refractivity contribution >= 4 is 17.5 Å². The first-order valence-corrected chi connectivity index (χ1v) is 12.2. The molecule has 0 saturated carbocycles. The summed E-state index contributed by atoms with van der Waals surface area (Å²) in [5.74, 6) is -3.66. The van der Waals surface area contributed by atoms with E-state index in [9.17, 15) is 24.2 Å². The molecule has 0 spiro atoms. The molecule has 9 heteroatoms. The molecule has 1 heterocycles. The van der Waals surface area contributed by atoms with E-state index in [-0.39, 0.29) is 18.1 Å². The van der Waals surface area contributed by atoms with Gasteiger partial charge in [0.1, 0.15) is 23.4 Å². The van der Waals surface area contributed by atoms with E-state index in [1.807, 2.05) is 27.7 Å². The molecule has 0 aromatic carbocycles. The summed E-state index contributed by atoms with van der Waals surface area (Å²) in [6.07, 6.45) is -1.53. The van der Waals surface area contributed by atoms with Gasteiger partial charge in [-0.3, -0.25) is 9.59 Å². The normalized spacial score (nSPS) is 39.5. The second kappa shape index (κ2) is 14.1. The van der Waals surface area contributed by atoms with Crippen molar-refractivity contribution in [2.75, 3.05) is 14.0 Å². The van der Waals surface area contributed by atoms with Gasteiger partial charge in [0, 0.05) is 24.9 Å². The minimum atomic E-state index is -1.86. The van der Waals surface area contributed by atoms with E-state index >= 15 is 0 Å². The lowest BCUT2D eigenvalue weighted by molar-refractivity contribution is -0.186. The molecule has 2 N–H and O–H groups in total. The number of alkyl halides is 1. The van der Waals surface area contributed by atoms with Crippen LogP contribution in [0.5, 0.6) is 0 Å². The number of ketones is 1. The summed E-state index contributed by atoms with van der Waals surface area (Å²) in [5.41, 5.74) is -2.29. The average Bonchev–Trinajstić information content (AvgIpc) is 2.81. The van der Waals surface area contributed by atoms with Crippen LogP contribution in [0.15, 0.2) is 5.16 Å². The molecular weight excluding hydrogens is 445 g/mol. The molecule has 0 aromatic heterocycles. The number of esters is 1. The number of rotatable bonds is 4. The Kier molecular flexibility index (Phi) is 13.4. The van der Waals surface area contributed by atoms with Crippen molar-refractivity contribution in [1.29, 1.82) is 0 Å². The van der Waals surface area contributed by atoms with E-state index in [0.717, 1.165) is 0 Å². The van der Waals surface area contributed by atoms with Gasteiger partial charge in [-0.1, -0.05) is 46.7 Å². The predicted octanol–water partition coefficient (Wildman–Crippen LogP) is 4.06. The molecule has 0 radical (unpaired) electrons. The number of aliphatic hydroxyl groups is 2. The average molecular weight is 492 g/mol. The van der Waals surface area contributed by atoms with Gasteiger partial charge in [0.15, 0.2) is 0 Å². The zero-order valence-electron chi connectivity index (χ0n) is 22.6. The van der Waals surface area contributed by atoms with E-state index < -0.39 is 54.0 Å². The van der Waals surface area contributed by atoms with Gasteiger partial charge in [-0.05, 0) is 40.0 Å². The lowest BCUT2D eigenvalue weighted by atomic mass is 9.75. The maximum absolute atomic E-state index is 12.9. The summed E-state index contributed by atoms with van der Waals surface area (Å²) in [4.78, 5) is 30.3. The highest BCUT2D eigenvalue weighted by atomic mass is 19.1. The van der Waals surface area contributed by atoms with Crippen LogP contribution in [-0.4, -0.2) is 65.1 Å². The van der Waals surface area contributed by atoms with Crippen molar-refractivity contribution < 1.29 is 38.5 Å². The number of aliphatic hydroxyl groups excluding tert-OH is 1. The molecule has 1 aliphatic heterocycles. The molecule has 1 aliphatic rings. The van der Waals surface area contributed by atoms with E-state index in [0.29, 0.717) is 18.6 Å². The Labute approximate surface area is 204 Å². The van der Waals surface area contributed by atoms with E-state index in [4.69, 9.17) is 9.47 Å². The van der Waals surface area contributed by atoms with Crippen LogP contribution in [0.4, 0.5) is 4.39 Å². The minimum Gasteiger partial charge on any atom is -0.459 e. The maximum atomic E-state index is 12.9. The van der Waals surface area contributed by atoms with Gasteiger partial charge in [0.2, 0.25) is 0 Å². The Balaban J connectivity index is 0.00000529. The Bertz CT molecular complexity index is 684. The fourth-order valence-corrected chi connectivity index (χ4v) is 4.73. The van der Waals surface area contributed by atoms with E-state index in [2.05, 4.69) is 9.99 Å². The standard InChI is InChI=1S/C23H40FNO7.C2H6/c1-9-17-23(7,29)20(27)15(4)18(25-31-12-24)13(2)10-22(6,30-8)11-14(3)19(26)16(5)21(28)32-17;1-2/h13-17,20,27,29H,9-12H2,1-8H3;1-2H3/b25-18+;/t13-,14-,15?,16-,17-,20?,22-,23-;/m1./s1. The number of cyclic esters (lactones) is 1. The fraction of sp³-hybridized carbons (Fsp3) is 0.880. The number of hydrogen-bond donors (Lipinski definition) is 2. The summed E-state index contributed by atoms with van der Waals surface area (Å²) in [5, 5.41) is 26.1. The molecule has 1 saturated heterocycles. The molecule has 2 unspecified atom stereocenters. The zero-order valence-corrected chi connectivity index (χ0v) is 22.6. The fourth-order valence-electron chi connectivity index (χ4n) is 4.73. The lowest BCUT2D eigenvalue weighted by Crippen LogP contribution is -2.56. The second-order valence-electron chi connectivity index (χ2n) is 9.54. The number of carbonyl (C=O) groups is 2. The number of hydrogen-bond acceptors (Lipinski definition) is 8. The number of nitrogens with zero attached hydrogens (tertiary/aromatic N) is 1. The smallest absolute Gasteiger partial charge is 0.316 e. The van der Waals surface area contributed by atoms with Crippen molar-refractivity contribution in [2.24, 2.45) is 28.8 Å². The molecular formula is C25H46FNO7. The highest BCUT2D eigenvalue weighted by molar-refractivity contribution is 5.99. The monoisotopic (exact) mass is 491 g/mol. The van der Waals surface area contributed by atoms with Gasteiger partial charge in [-0.15, -0.1) is 0 Å². The molecule has 1 rings (SSSR count). The van der Waals surface area contributed by atoms with Crippen molar-refractivity contribution in [2.45, 2.75) is 105 Å². The first-order valence-electron chi connectivity index (χ1n) is 12.2. The topological polar surface area (TPSA) is 115 Å². The molecule has 0 bridgehead atoms. The first-order chi connectivity index (χ1) is 15.8. The Morgan fingerprint density at radius 2 is 1.65 bits per heavy atom. The summed E-state index contributed by atoms with van der Waals surface area (Å²) >= 11 is 0. The van der Waals surface area contributed by atoms with Gasteiger partial charge in [-0.2, -0.15) is 0 Å². The van der Waals surface area contributed by atoms with Crippen LogP contribution in [0.25, 0.3) is 0 Å². The first kappa shape index (κ1) is 32.4. The molecule has 34 heavy (non-hydrogen) atoms. The van der Waals surface area contributed by atoms with Gasteiger partial charge < -0.3 is 24.5 Å². The third-order valence-electron chi connectivity index (χ3n) is 6.78. The van der Waals surface area contributed by atoms with Crippen LogP contribution in [-0.2, 0) is 23.9 Å². The molecule has 200 valence electrons. The van der Waals surface area contributed by atoms with Crippen molar-refractivity contribution in [3.05, 3.63) is 0 Å². The van der Waals surface area contributed by atoms with Gasteiger partial charge in [-0.25, -0.2) is 4.39 Å². The summed E-state index contributed by atoms with van der Waals surface area (Å²) < 4.78 is 24.0. The van der Waals surface area contributed by atoms with Gasteiger partial charge in [0.25, 0.3) is 6.86 Å². The predicted molar refractivity (Wildman–Crippen MR) is 129 cm³/mol. The van der Waals surface area contributed by atoms with E-state index in [1.165, 1.54) is 21.0 Å². The number of methoxy groups -OCH3 is 1. The van der Waals surface area contributed by atoms with Crippen LogP contribution in [0.3, 0.4) is 0 Å². The summed E-state index contributed by atoms with van der Waals surface area (Å²) in [7, 11) is 1.54. The third-order valence-corrected chi connectivity index (χ3v) is 6.78. The number of Topliss-reactive ketones (excluding diaryl/α,β-unsaturated/α-hetero) is 1. The Morgan fingerprint density at radius 3 is 2.12 bits per heavy atom. The quantitative estimate of drug-likeness (QED) is 0.346. The van der Waals surface area contributed by atoms with Gasteiger partial charge >= 0.3 is 5.97 Å². The molecule has 1 fully saturated rings. The minimum absolute atomic E-state index is 0.212. The number of ether oxygens (including phenoxy) is 2. The van der Waals surface area contributed by atoms with Crippen LogP contribution < -0.4 is 0 Å². The van der Waals surface area contributed by atoms with Crippen molar-refractivity contribution in [1.82, 2.24) is 0 Å². The molecule has 0 amide bonds. The van der Waals surface area contributed by atoms with Crippen LogP contribution in [0, 0.1) is 23.7 Å². The highest BCUT2D eigenvalue weighted by Gasteiger charge is 2.47. The third kappa shape index (κ3) is 7.99. The number of carbonyl (C=O) groups excluding carboxylic acids is 2. The van der Waals surface area contributed by atoms with Crippen LogP contribution in [0.1, 0.15) is 81.6 Å². The Hall–Kier alpha value is -1.58. The lowest BCUT2D eigenvalue weighted by Gasteiger charge is -2.41. The molecule has 8 atom stereocenters. The van der Waals surface area contributed by atoms with E-state index in [1.54, 1.807) is 20.8 Å². The number of halogens is 1. The molecule has 0 aromatic rings. The summed E-state index contributed by atoms with van der Waals surface area (Å²) in [6.45, 7) is 14.5. The Morgan fingerprint density at radius 1 is 1.12 bits per heavy atom. The van der Waals surface area contributed by atoms with Crippen molar-refractivity contribution in [3.8, 4) is 0 Å². The molecule has 0 aliphatic carbocycles. The highest BCUT2D eigenvalue weighted by Crippen LogP contribution is 2.35. The zero-order chi connectivity index (χ0) is 26.9. The SMILES string of the molecule is CC.CC[C@H]1OC(=O)[C@H](C)C(=O)[C@H](C)C[C@](C)(OC)C[C@@H](C)/C(=N\OCF)C(C)C(O)[C@]1(C)O. The van der Waals surface area contributed by atoms with Crippen LogP contribution in [0.2, 0.25) is 0 Å². The van der Waals surface area contributed by atoms with Gasteiger partial charge in [0.05, 0.1) is 17.4 Å². The largest absolute Gasteiger partial charge is 0.459 e. The summed E-state index contributed by atoms with van der Waals surface area (Å²) in [6, 6.07) is 0.